The van der Waals surface area contributed by atoms with Crippen molar-refractivity contribution in [2.24, 2.45) is 0 Å². The molecule has 9 aromatic rings. The summed E-state index contributed by atoms with van der Waals surface area (Å²) < 4.78 is 54.6. The summed E-state index contributed by atoms with van der Waals surface area (Å²) >= 11 is 0. The Labute approximate surface area is 431 Å². The number of rotatable bonds is 9. The number of sulfone groups is 2. The number of aromatic amines is 1. The van der Waals surface area contributed by atoms with Gasteiger partial charge in [-0.05, 0) is 68.7 Å². The zero-order valence-electron chi connectivity index (χ0n) is 40.9. The highest BCUT2D eigenvalue weighted by atomic mass is 32.2. The first-order valence-corrected chi connectivity index (χ1v) is 28.5. The number of nitrogen functional groups attached to an aromatic ring is 2. The van der Waals surface area contributed by atoms with E-state index in [0.717, 1.165) is 76.7 Å². The molecule has 23 heteroatoms. The van der Waals surface area contributed by atoms with Crippen molar-refractivity contribution >= 4 is 48.6 Å². The van der Waals surface area contributed by atoms with Crippen LogP contribution in [0.15, 0.2) is 120 Å². The number of H-pyrrole nitrogens is 1. The van der Waals surface area contributed by atoms with Crippen LogP contribution in [0.1, 0.15) is 74.6 Å². The lowest BCUT2D eigenvalue weighted by molar-refractivity contribution is 0.181. The molecule has 11 heterocycles. The summed E-state index contributed by atoms with van der Waals surface area (Å²) in [5.41, 5.74) is 21.8. The number of aromatic nitrogens is 12. The van der Waals surface area contributed by atoms with Crippen LogP contribution in [0, 0.1) is 6.57 Å². The fourth-order valence-electron chi connectivity index (χ4n) is 12.0. The number of anilines is 3. The Hall–Kier alpha value is -8.36. The smallest absolute Gasteiger partial charge is 0.266 e. The average molecular weight is 1040 g/mol. The Morgan fingerprint density at radius 2 is 1.03 bits per heavy atom. The lowest BCUT2D eigenvalue weighted by atomic mass is 9.88. The molecule has 380 valence electrons. The van der Waals surface area contributed by atoms with E-state index in [4.69, 9.17) is 28.0 Å². The van der Waals surface area contributed by atoms with Gasteiger partial charge >= 0.3 is 0 Å². The van der Waals surface area contributed by atoms with E-state index in [-0.39, 0.29) is 57.4 Å². The molecule has 0 amide bonds. The van der Waals surface area contributed by atoms with Crippen molar-refractivity contribution in [1.29, 1.82) is 0 Å². The van der Waals surface area contributed by atoms with Crippen LogP contribution in [-0.2, 0) is 19.7 Å². The SMILES string of the molecule is CS(=O)(=O)c1c(C2C[C@H]3CC[C@@H](C2)N3c2nn[nH]n2)nc2c(-c3ccc(-c4ccccc4)nc3)cnn2c1N.[C-]#[N+]N1[C@@H]2CC[C@H]1CC(c1nc3c(-c4ccc(-c5ccccc5)nc4)cnn3c(N)c1S(C)(=O)=O)C2. The van der Waals surface area contributed by atoms with E-state index in [0.29, 0.717) is 54.3 Å². The quantitative estimate of drug-likeness (QED) is 0.125. The molecule has 0 aliphatic carbocycles. The maximum Gasteiger partial charge on any atom is 0.266 e. The minimum absolute atomic E-state index is 0.0443. The van der Waals surface area contributed by atoms with Gasteiger partial charge in [0.15, 0.2) is 31.0 Å². The third-order valence-electron chi connectivity index (χ3n) is 15.2. The molecule has 75 heavy (non-hydrogen) atoms. The zero-order valence-corrected chi connectivity index (χ0v) is 42.5. The van der Waals surface area contributed by atoms with Gasteiger partial charge in [-0.2, -0.15) is 36.0 Å². The normalized spacial score (nSPS) is 21.3. The van der Waals surface area contributed by atoms with E-state index < -0.39 is 19.7 Å². The van der Waals surface area contributed by atoms with Gasteiger partial charge in [-0.25, -0.2) is 26.8 Å². The summed E-state index contributed by atoms with van der Waals surface area (Å²) in [6, 6.07) is 28.2. The Balaban J connectivity index is 0.000000152. The number of nitrogens with two attached hydrogens (primary N) is 2. The number of pyridine rings is 2. The van der Waals surface area contributed by atoms with Gasteiger partial charge in [-0.15, -0.1) is 10.1 Å². The molecule has 4 fully saturated rings. The lowest BCUT2D eigenvalue weighted by Gasteiger charge is -2.38. The van der Waals surface area contributed by atoms with Crippen molar-refractivity contribution in [1.82, 2.24) is 64.8 Å². The monoisotopic (exact) mass is 1040 g/mol. The third-order valence-corrected chi connectivity index (χ3v) is 17.6. The molecule has 4 bridgehead atoms. The first kappa shape index (κ1) is 47.6. The second kappa shape index (κ2) is 18.5. The predicted molar refractivity (Wildman–Crippen MR) is 281 cm³/mol. The van der Waals surface area contributed by atoms with E-state index >= 15 is 0 Å². The summed E-state index contributed by atoms with van der Waals surface area (Å²) in [5, 5.41) is 25.3. The highest BCUT2D eigenvalue weighted by Crippen LogP contribution is 2.48. The van der Waals surface area contributed by atoms with Crippen LogP contribution in [0.3, 0.4) is 0 Å². The fraction of sp³-hybridized carbons (Fsp3) is 0.308. The average Bonchev–Trinajstić information content (AvgIpc) is 4.28. The van der Waals surface area contributed by atoms with Gasteiger partial charge < -0.3 is 16.4 Å². The summed E-state index contributed by atoms with van der Waals surface area (Å²) in [4.78, 5) is 25.2. The molecule has 6 atom stereocenters. The first-order valence-electron chi connectivity index (χ1n) is 24.7. The minimum Gasteiger partial charge on any atom is -0.382 e. The van der Waals surface area contributed by atoms with E-state index in [1.807, 2.05) is 89.9 Å². The Morgan fingerprint density at radius 1 is 0.587 bits per heavy atom. The Kier molecular flexibility index (Phi) is 11.8. The van der Waals surface area contributed by atoms with E-state index in [9.17, 15) is 16.8 Å². The van der Waals surface area contributed by atoms with Crippen LogP contribution in [0.2, 0.25) is 0 Å². The largest absolute Gasteiger partial charge is 0.382 e. The van der Waals surface area contributed by atoms with Gasteiger partial charge in [0.2, 0.25) is 0 Å². The van der Waals surface area contributed by atoms with Crippen molar-refractivity contribution in [3.8, 4) is 44.8 Å². The van der Waals surface area contributed by atoms with Gasteiger partial charge in [-0.3, -0.25) is 9.97 Å². The Morgan fingerprint density at radius 3 is 1.41 bits per heavy atom. The van der Waals surface area contributed by atoms with Crippen molar-refractivity contribution in [2.75, 3.05) is 28.9 Å². The van der Waals surface area contributed by atoms with Gasteiger partial charge in [0, 0.05) is 82.2 Å². The number of nitrogens with one attached hydrogen (secondary N) is 1. The maximum absolute atomic E-state index is 13.0. The van der Waals surface area contributed by atoms with Crippen LogP contribution in [-0.4, -0.2) is 118 Å². The van der Waals surface area contributed by atoms with Gasteiger partial charge in [0.1, 0.15) is 21.4 Å². The number of tetrazole rings is 1. The predicted octanol–water partition coefficient (Wildman–Crippen LogP) is 6.86. The molecular formula is C52H51N17O4S2. The van der Waals surface area contributed by atoms with Gasteiger partial charge in [-0.1, -0.05) is 77.9 Å². The fourth-order valence-corrected chi connectivity index (χ4v) is 14.1. The van der Waals surface area contributed by atoms with Crippen LogP contribution in [0.4, 0.5) is 17.6 Å². The zero-order chi connectivity index (χ0) is 51.8. The molecule has 13 rings (SSSR count). The summed E-state index contributed by atoms with van der Waals surface area (Å²) in [6.45, 7) is 7.53. The molecule has 5 N–H and O–H groups in total. The summed E-state index contributed by atoms with van der Waals surface area (Å²) in [6.07, 6.45) is 15.8. The van der Waals surface area contributed by atoms with Crippen LogP contribution < -0.4 is 16.4 Å². The molecule has 0 radical (unpaired) electrons. The van der Waals surface area contributed by atoms with E-state index in [1.165, 1.54) is 15.3 Å². The molecule has 0 spiro atoms. The van der Waals surface area contributed by atoms with Crippen molar-refractivity contribution < 1.29 is 16.8 Å². The number of hydrogen-bond acceptors (Lipinski definition) is 17. The highest BCUT2D eigenvalue weighted by Gasteiger charge is 2.47. The molecule has 2 unspecified atom stereocenters. The number of hydrogen-bond donors (Lipinski definition) is 3. The topological polar surface area (TPSA) is 272 Å². The second-order valence-corrected chi connectivity index (χ2v) is 23.8. The molecule has 4 saturated heterocycles. The number of piperidine rings is 2. The minimum atomic E-state index is -3.68. The third kappa shape index (κ3) is 8.52. The second-order valence-electron chi connectivity index (χ2n) is 19.9. The molecular weight excluding hydrogens is 991 g/mol. The first-order chi connectivity index (χ1) is 36.2. The molecule has 4 aliphatic heterocycles. The van der Waals surface area contributed by atoms with Gasteiger partial charge in [0.25, 0.3) is 5.95 Å². The number of fused-ring (bicyclic) bond motifs is 6. The van der Waals surface area contributed by atoms with Crippen molar-refractivity contribution in [3.05, 3.63) is 133 Å². The van der Waals surface area contributed by atoms with Gasteiger partial charge in [0.05, 0.1) is 47.3 Å². The van der Waals surface area contributed by atoms with E-state index in [2.05, 4.69) is 50.6 Å². The van der Waals surface area contributed by atoms with Crippen LogP contribution >= 0.6 is 0 Å². The molecule has 21 nitrogen and oxygen atoms in total. The number of nitrogens with zero attached hydrogens (tertiary/aromatic N) is 14. The number of benzene rings is 2. The molecule has 7 aromatic heterocycles. The van der Waals surface area contributed by atoms with Crippen LogP contribution in [0.25, 0.3) is 61.0 Å². The van der Waals surface area contributed by atoms with E-state index in [1.54, 1.807) is 24.8 Å². The lowest BCUT2D eigenvalue weighted by Crippen LogP contribution is -2.43. The molecule has 2 aromatic carbocycles. The molecule has 0 saturated carbocycles. The highest BCUT2D eigenvalue weighted by molar-refractivity contribution is 7.91. The maximum atomic E-state index is 13.0. The van der Waals surface area contributed by atoms with Crippen molar-refractivity contribution in [2.45, 2.75) is 97.2 Å². The molecule has 4 aliphatic rings. The summed E-state index contributed by atoms with van der Waals surface area (Å²) in [5.74, 6) is 0.530. The summed E-state index contributed by atoms with van der Waals surface area (Å²) in [7, 11) is -7.35. The standard InChI is InChI=1S/C26H26N10O2S.C26H25N7O2S/c1-39(37,38)23-22(17-11-18-8-9-19(12-17)35(18)26-31-33-34-32-26)30-25-20(14-29-36(25)24(23)27)16-7-10-21(28-13-16)15-5-3-2-4-6-15;1-28-32-19-9-10-20(32)13-18(12-19)23-24(36(2,34)35)25(27)33-26(31-23)21(15-30-33)17-8-11-22(29-14-17)16-6-4-3-5-7-16/h2-7,10,13-14,17-19H,8-9,11-12,27H2,1H3,(H,31,32,33,34);3-8,11,14-15,18-20H,9-10,12-13,27H2,2H3/t17?,18-,19+;18?,19-,20+. The van der Waals surface area contributed by atoms with Crippen molar-refractivity contribution in [3.63, 3.8) is 0 Å². The van der Waals surface area contributed by atoms with Crippen LogP contribution in [0.5, 0.6) is 0 Å². The Bertz CT molecular complexity index is 3860.